The Balaban J connectivity index is 1.29. The minimum Gasteiger partial charge on any atom is -0.381 e. The van der Waals surface area contributed by atoms with Crippen LogP contribution in [0.1, 0.15) is 61.9 Å². The van der Waals surface area contributed by atoms with E-state index in [4.69, 9.17) is 14.2 Å². The quantitative estimate of drug-likeness (QED) is 0.419. The van der Waals surface area contributed by atoms with Crippen LogP contribution in [-0.2, 0) is 4.74 Å². The molecule has 2 saturated heterocycles. The number of piperidine rings is 1. The van der Waals surface area contributed by atoms with E-state index in [1.807, 2.05) is 13.8 Å². The Morgan fingerprint density at radius 1 is 1.06 bits per heavy atom. The Morgan fingerprint density at radius 3 is 2.54 bits per heavy atom. The van der Waals surface area contributed by atoms with Crippen molar-refractivity contribution in [3.05, 3.63) is 41.0 Å². The molecule has 1 aromatic carbocycles. The lowest BCUT2D eigenvalue weighted by Gasteiger charge is -2.35. The second-order valence-electron chi connectivity index (χ2n) is 10.5. The molecular weight excluding hydrogens is 443 g/mol. The smallest absolute Gasteiger partial charge is 0.261 e. The lowest BCUT2D eigenvalue weighted by atomic mass is 9.87. The number of hydrogen-bond acceptors (Lipinski definition) is 6. The summed E-state index contributed by atoms with van der Waals surface area (Å²) in [7, 11) is 0. The van der Waals surface area contributed by atoms with Gasteiger partial charge in [-0.25, -0.2) is 9.37 Å². The van der Waals surface area contributed by atoms with Gasteiger partial charge in [-0.05, 0) is 99.5 Å². The molecule has 6 nitrogen and oxygen atoms in total. The Bertz CT molecular complexity index is 1270. The fourth-order valence-corrected chi connectivity index (χ4v) is 5.76. The van der Waals surface area contributed by atoms with E-state index < -0.39 is 0 Å². The van der Waals surface area contributed by atoms with E-state index in [1.54, 1.807) is 6.07 Å². The largest absolute Gasteiger partial charge is 0.381 e. The minimum atomic E-state index is -0.271. The molecule has 0 radical (unpaired) electrons. The second-order valence-corrected chi connectivity index (χ2v) is 10.5. The second kappa shape index (κ2) is 9.34. The highest BCUT2D eigenvalue weighted by molar-refractivity contribution is 5.95. The molecule has 4 heterocycles. The van der Waals surface area contributed by atoms with Crippen LogP contribution < -0.4 is 4.90 Å². The average Bonchev–Trinajstić information content (AvgIpc) is 3.65. The molecule has 2 fully saturated rings. The fourth-order valence-electron chi connectivity index (χ4n) is 5.76. The molecule has 184 valence electrons. The van der Waals surface area contributed by atoms with Crippen LogP contribution >= 0.6 is 0 Å². The molecule has 35 heavy (non-hydrogen) atoms. The number of aryl methyl sites for hydroxylation is 2. The molecule has 1 aliphatic carbocycles. The number of benzene rings is 1. The van der Waals surface area contributed by atoms with Gasteiger partial charge in [-0.15, -0.1) is 0 Å². The van der Waals surface area contributed by atoms with E-state index >= 15 is 4.39 Å². The zero-order valence-electron chi connectivity index (χ0n) is 20.6. The van der Waals surface area contributed by atoms with Gasteiger partial charge in [0.2, 0.25) is 0 Å². The van der Waals surface area contributed by atoms with Crippen molar-refractivity contribution in [1.82, 2.24) is 15.1 Å². The standard InChI is InChI=1S/C28H33FN4O2/c1-17-23-14-22(21-7-8-21)15-24(29)26(23)31-27(25(17)28-30-18(2)32-35-28)33-11-9-19(10-12-33)5-6-20-4-3-13-34-16-20/h7,14-15,19-20H,3-6,8-13,16H2,1-2H3/t20-/m0/s1. The molecule has 2 aliphatic heterocycles. The van der Waals surface area contributed by atoms with Gasteiger partial charge >= 0.3 is 0 Å². The van der Waals surface area contributed by atoms with Crippen LogP contribution in [-0.4, -0.2) is 41.4 Å². The van der Waals surface area contributed by atoms with Crippen molar-refractivity contribution < 1.29 is 13.7 Å². The summed E-state index contributed by atoms with van der Waals surface area (Å²) in [6.07, 6.45) is 10.3. The molecule has 0 bridgehead atoms. The molecule has 1 atom stereocenters. The SMILES string of the molecule is Cc1noc(-c2c(N3CCC(CC[C@@H]4CCCOC4)CC3)nc3c(F)cc(C4=CC4)cc3c2C)n1. The van der Waals surface area contributed by atoms with Crippen LogP contribution in [0.4, 0.5) is 10.2 Å². The number of anilines is 1. The number of rotatable bonds is 6. The van der Waals surface area contributed by atoms with E-state index in [0.717, 1.165) is 85.3 Å². The van der Waals surface area contributed by atoms with Gasteiger partial charge in [-0.2, -0.15) is 4.98 Å². The summed E-state index contributed by atoms with van der Waals surface area (Å²) in [5, 5.41) is 4.84. The van der Waals surface area contributed by atoms with E-state index in [2.05, 4.69) is 27.2 Å². The van der Waals surface area contributed by atoms with Crippen molar-refractivity contribution in [1.29, 1.82) is 0 Å². The molecule has 3 aromatic rings. The van der Waals surface area contributed by atoms with E-state index in [0.29, 0.717) is 17.2 Å². The van der Waals surface area contributed by atoms with E-state index in [-0.39, 0.29) is 5.82 Å². The lowest BCUT2D eigenvalue weighted by molar-refractivity contribution is 0.0487. The van der Waals surface area contributed by atoms with Crippen molar-refractivity contribution in [2.75, 3.05) is 31.2 Å². The summed E-state index contributed by atoms with van der Waals surface area (Å²) in [6.45, 7) is 7.49. The topological polar surface area (TPSA) is 64.3 Å². The van der Waals surface area contributed by atoms with Crippen molar-refractivity contribution in [3.63, 3.8) is 0 Å². The first-order valence-corrected chi connectivity index (χ1v) is 13.0. The van der Waals surface area contributed by atoms with Crippen LogP contribution in [0, 0.1) is 31.5 Å². The molecule has 0 spiro atoms. The van der Waals surface area contributed by atoms with Crippen LogP contribution in [0.15, 0.2) is 22.7 Å². The van der Waals surface area contributed by atoms with Crippen molar-refractivity contribution >= 4 is 22.3 Å². The first-order valence-electron chi connectivity index (χ1n) is 13.0. The van der Waals surface area contributed by atoms with Crippen LogP contribution in [0.3, 0.4) is 0 Å². The molecule has 7 heteroatoms. The summed E-state index contributed by atoms with van der Waals surface area (Å²) in [4.78, 5) is 11.7. The van der Waals surface area contributed by atoms with Crippen LogP contribution in [0.5, 0.6) is 0 Å². The van der Waals surface area contributed by atoms with Gasteiger partial charge in [0, 0.05) is 31.7 Å². The van der Waals surface area contributed by atoms with E-state index in [1.165, 1.54) is 31.3 Å². The average molecular weight is 477 g/mol. The maximum atomic E-state index is 15.3. The van der Waals surface area contributed by atoms with Gasteiger partial charge < -0.3 is 14.2 Å². The lowest BCUT2D eigenvalue weighted by Crippen LogP contribution is -2.35. The highest BCUT2D eigenvalue weighted by atomic mass is 19.1. The third-order valence-electron chi connectivity index (χ3n) is 7.96. The third-order valence-corrected chi connectivity index (χ3v) is 7.96. The molecular formula is C28H33FN4O2. The summed E-state index contributed by atoms with van der Waals surface area (Å²) >= 11 is 0. The zero-order valence-corrected chi connectivity index (χ0v) is 20.6. The number of hydrogen-bond donors (Lipinski definition) is 0. The maximum absolute atomic E-state index is 15.3. The summed E-state index contributed by atoms with van der Waals surface area (Å²) in [6, 6.07) is 3.67. The predicted octanol–water partition coefficient (Wildman–Crippen LogP) is 6.25. The van der Waals surface area contributed by atoms with Crippen molar-refractivity contribution in [2.45, 2.75) is 58.8 Å². The highest BCUT2D eigenvalue weighted by Gasteiger charge is 2.28. The van der Waals surface area contributed by atoms with Gasteiger partial charge in [-0.1, -0.05) is 11.2 Å². The minimum absolute atomic E-state index is 0.271. The molecule has 0 amide bonds. The number of halogens is 1. The number of allylic oxidation sites excluding steroid dienone is 2. The highest BCUT2D eigenvalue weighted by Crippen LogP contribution is 2.41. The Labute approximate surface area is 205 Å². The van der Waals surface area contributed by atoms with Gasteiger partial charge in [0.25, 0.3) is 5.89 Å². The predicted molar refractivity (Wildman–Crippen MR) is 135 cm³/mol. The monoisotopic (exact) mass is 476 g/mol. The Morgan fingerprint density at radius 2 is 1.86 bits per heavy atom. The van der Waals surface area contributed by atoms with Gasteiger partial charge in [0.05, 0.1) is 5.56 Å². The molecule has 0 unspecified atom stereocenters. The molecule has 2 aromatic heterocycles. The molecule has 0 saturated carbocycles. The Hall–Kier alpha value is -2.80. The summed E-state index contributed by atoms with van der Waals surface area (Å²) in [5.41, 5.74) is 4.31. The number of fused-ring (bicyclic) bond motifs is 1. The summed E-state index contributed by atoms with van der Waals surface area (Å²) in [5.74, 6) is 2.97. The number of pyridine rings is 1. The normalized spacial score (nSPS) is 20.9. The van der Waals surface area contributed by atoms with Crippen LogP contribution in [0.2, 0.25) is 0 Å². The maximum Gasteiger partial charge on any atom is 0.261 e. The van der Waals surface area contributed by atoms with Gasteiger partial charge in [-0.3, -0.25) is 0 Å². The third kappa shape index (κ3) is 4.58. The van der Waals surface area contributed by atoms with Gasteiger partial charge in [0.1, 0.15) is 17.2 Å². The van der Waals surface area contributed by atoms with Crippen LogP contribution in [0.25, 0.3) is 27.9 Å². The molecule has 6 rings (SSSR count). The first-order chi connectivity index (χ1) is 17.1. The molecule has 3 aliphatic rings. The van der Waals surface area contributed by atoms with Gasteiger partial charge in [0.15, 0.2) is 5.82 Å². The first kappa shape index (κ1) is 22.7. The molecule has 0 N–H and O–H groups in total. The van der Waals surface area contributed by atoms with E-state index in [9.17, 15) is 0 Å². The summed E-state index contributed by atoms with van der Waals surface area (Å²) < 4.78 is 26.5. The number of ether oxygens (including phenoxy) is 1. The Kier molecular flexibility index (Phi) is 6.04. The fraction of sp³-hybridized carbons (Fsp3) is 0.536. The number of aromatic nitrogens is 3. The van der Waals surface area contributed by atoms with Crippen molar-refractivity contribution in [2.24, 2.45) is 11.8 Å². The zero-order chi connectivity index (χ0) is 23.9. The van der Waals surface area contributed by atoms with Crippen molar-refractivity contribution in [3.8, 4) is 11.5 Å². The number of nitrogens with zero attached hydrogens (tertiary/aromatic N) is 4.